The van der Waals surface area contributed by atoms with Crippen LogP contribution in [0.1, 0.15) is 17.8 Å². The van der Waals surface area contributed by atoms with E-state index in [2.05, 4.69) is 16.6 Å². The smallest absolute Gasteiger partial charge is 0.0596 e. The van der Waals surface area contributed by atoms with Crippen molar-refractivity contribution in [3.05, 3.63) is 17.5 Å². The van der Waals surface area contributed by atoms with Gasteiger partial charge in [-0.3, -0.25) is 16.0 Å². The minimum Gasteiger partial charge on any atom is -0.381 e. The molecule has 1 aliphatic heterocycles. The topological polar surface area (TPSA) is 65.1 Å². The van der Waals surface area contributed by atoms with E-state index in [0.29, 0.717) is 5.92 Å². The molecule has 0 aliphatic carbocycles. The number of hydrogen-bond donors (Lipinski definition) is 2. The van der Waals surface area contributed by atoms with Crippen LogP contribution < -0.4 is 11.3 Å². The maximum atomic E-state index is 5.62. The second kappa shape index (κ2) is 4.95. The summed E-state index contributed by atoms with van der Waals surface area (Å²) in [7, 11) is 1.97. The molecule has 1 aromatic rings. The molecule has 0 amide bonds. The SMILES string of the molecule is Cc1cc(CC(NN)C2CCOC2)n(C)n1. The van der Waals surface area contributed by atoms with E-state index in [-0.39, 0.29) is 6.04 Å². The van der Waals surface area contributed by atoms with Crippen molar-refractivity contribution in [3.63, 3.8) is 0 Å². The summed E-state index contributed by atoms with van der Waals surface area (Å²) in [4.78, 5) is 0. The highest BCUT2D eigenvalue weighted by Gasteiger charge is 2.25. The summed E-state index contributed by atoms with van der Waals surface area (Å²) in [6.07, 6.45) is 1.99. The molecule has 2 heterocycles. The fraction of sp³-hybridized carbons (Fsp3) is 0.727. The van der Waals surface area contributed by atoms with E-state index in [1.54, 1.807) is 0 Å². The van der Waals surface area contributed by atoms with Gasteiger partial charge in [0, 0.05) is 37.7 Å². The largest absolute Gasteiger partial charge is 0.381 e. The van der Waals surface area contributed by atoms with Gasteiger partial charge in [0.25, 0.3) is 0 Å². The van der Waals surface area contributed by atoms with Crippen LogP contribution in [-0.4, -0.2) is 29.0 Å². The lowest BCUT2D eigenvalue weighted by Gasteiger charge is -2.21. The minimum absolute atomic E-state index is 0.275. The van der Waals surface area contributed by atoms with Gasteiger partial charge < -0.3 is 4.74 Å². The lowest BCUT2D eigenvalue weighted by atomic mass is 9.95. The summed E-state index contributed by atoms with van der Waals surface area (Å²) in [5, 5.41) is 4.34. The predicted octanol–water partition coefficient (Wildman–Crippen LogP) is 0.139. The van der Waals surface area contributed by atoms with Crippen LogP contribution in [0.15, 0.2) is 6.07 Å². The van der Waals surface area contributed by atoms with Crippen molar-refractivity contribution in [1.29, 1.82) is 0 Å². The third-order valence-corrected chi connectivity index (χ3v) is 3.28. The van der Waals surface area contributed by atoms with Gasteiger partial charge in [0.05, 0.1) is 12.3 Å². The molecule has 0 aromatic carbocycles. The molecule has 2 rings (SSSR count). The quantitative estimate of drug-likeness (QED) is 0.564. The molecule has 1 saturated heterocycles. The minimum atomic E-state index is 0.275. The van der Waals surface area contributed by atoms with Crippen molar-refractivity contribution in [2.75, 3.05) is 13.2 Å². The predicted molar refractivity (Wildman–Crippen MR) is 61.7 cm³/mol. The monoisotopic (exact) mass is 224 g/mol. The molecule has 1 aromatic heterocycles. The van der Waals surface area contributed by atoms with Crippen molar-refractivity contribution >= 4 is 0 Å². The molecule has 90 valence electrons. The second-order valence-electron chi connectivity index (χ2n) is 4.50. The van der Waals surface area contributed by atoms with Gasteiger partial charge in [-0.05, 0) is 19.4 Å². The van der Waals surface area contributed by atoms with Crippen molar-refractivity contribution in [1.82, 2.24) is 15.2 Å². The van der Waals surface area contributed by atoms with Gasteiger partial charge >= 0.3 is 0 Å². The van der Waals surface area contributed by atoms with Crippen LogP contribution in [0.5, 0.6) is 0 Å². The number of hydrogen-bond acceptors (Lipinski definition) is 4. The van der Waals surface area contributed by atoms with E-state index in [0.717, 1.165) is 31.7 Å². The average molecular weight is 224 g/mol. The highest BCUT2D eigenvalue weighted by atomic mass is 16.5. The maximum Gasteiger partial charge on any atom is 0.0596 e. The van der Waals surface area contributed by atoms with Gasteiger partial charge in [0.2, 0.25) is 0 Å². The number of nitrogens with one attached hydrogen (secondary N) is 1. The number of nitrogens with two attached hydrogens (primary N) is 1. The lowest BCUT2D eigenvalue weighted by Crippen LogP contribution is -2.43. The summed E-state index contributed by atoms with van der Waals surface area (Å²) in [6.45, 7) is 3.67. The molecular formula is C11H20N4O. The summed E-state index contributed by atoms with van der Waals surface area (Å²) >= 11 is 0. The Morgan fingerprint density at radius 1 is 1.75 bits per heavy atom. The molecule has 0 saturated carbocycles. The second-order valence-corrected chi connectivity index (χ2v) is 4.50. The van der Waals surface area contributed by atoms with Crippen LogP contribution in [0.25, 0.3) is 0 Å². The Morgan fingerprint density at radius 2 is 2.56 bits per heavy atom. The van der Waals surface area contributed by atoms with Crippen LogP contribution in [-0.2, 0) is 18.2 Å². The number of hydrazine groups is 1. The fourth-order valence-electron chi connectivity index (χ4n) is 2.31. The Balaban J connectivity index is 2.03. The zero-order valence-corrected chi connectivity index (χ0v) is 9.94. The molecule has 1 fully saturated rings. The summed E-state index contributed by atoms with van der Waals surface area (Å²) in [5.74, 6) is 6.14. The average Bonchev–Trinajstić information content (AvgIpc) is 2.85. The van der Waals surface area contributed by atoms with Gasteiger partial charge in [0.15, 0.2) is 0 Å². The van der Waals surface area contributed by atoms with Crippen LogP contribution >= 0.6 is 0 Å². The van der Waals surface area contributed by atoms with Crippen LogP contribution in [0, 0.1) is 12.8 Å². The molecule has 0 radical (unpaired) electrons. The fourth-order valence-corrected chi connectivity index (χ4v) is 2.31. The van der Waals surface area contributed by atoms with Gasteiger partial charge in [0.1, 0.15) is 0 Å². The highest BCUT2D eigenvalue weighted by Crippen LogP contribution is 2.19. The zero-order chi connectivity index (χ0) is 11.5. The molecule has 5 nitrogen and oxygen atoms in total. The Kier molecular flexibility index (Phi) is 3.58. The maximum absolute atomic E-state index is 5.62. The molecule has 5 heteroatoms. The van der Waals surface area contributed by atoms with Crippen LogP contribution in [0.3, 0.4) is 0 Å². The van der Waals surface area contributed by atoms with E-state index in [9.17, 15) is 0 Å². The van der Waals surface area contributed by atoms with Crippen molar-refractivity contribution in [2.45, 2.75) is 25.8 Å². The summed E-state index contributed by atoms with van der Waals surface area (Å²) in [6, 6.07) is 2.39. The molecule has 2 unspecified atom stereocenters. The standard InChI is InChI=1S/C11H20N4O/c1-8-5-10(15(2)14-8)6-11(13-12)9-3-4-16-7-9/h5,9,11,13H,3-4,6-7,12H2,1-2H3. The van der Waals surface area contributed by atoms with E-state index >= 15 is 0 Å². The Labute approximate surface area is 95.9 Å². The van der Waals surface area contributed by atoms with E-state index in [1.807, 2.05) is 18.7 Å². The summed E-state index contributed by atoms with van der Waals surface area (Å²) in [5.41, 5.74) is 5.17. The molecule has 16 heavy (non-hydrogen) atoms. The van der Waals surface area contributed by atoms with Gasteiger partial charge in [-0.15, -0.1) is 0 Å². The van der Waals surface area contributed by atoms with Gasteiger partial charge in [-0.2, -0.15) is 5.10 Å². The normalized spacial score (nSPS) is 22.6. The Bertz CT molecular complexity index is 344. The first-order chi connectivity index (χ1) is 7.70. The Morgan fingerprint density at radius 3 is 3.06 bits per heavy atom. The molecule has 1 aliphatic rings. The third-order valence-electron chi connectivity index (χ3n) is 3.28. The number of ether oxygens (including phenoxy) is 1. The van der Waals surface area contributed by atoms with Gasteiger partial charge in [-0.25, -0.2) is 0 Å². The molecule has 3 N–H and O–H groups in total. The number of nitrogens with zero attached hydrogens (tertiary/aromatic N) is 2. The lowest BCUT2D eigenvalue weighted by molar-refractivity contribution is 0.176. The number of aromatic nitrogens is 2. The first-order valence-electron chi connectivity index (χ1n) is 5.74. The first kappa shape index (κ1) is 11.6. The van der Waals surface area contributed by atoms with Crippen molar-refractivity contribution in [2.24, 2.45) is 18.8 Å². The summed E-state index contributed by atoms with van der Waals surface area (Å²) < 4.78 is 7.32. The number of aryl methyl sites for hydroxylation is 2. The molecule has 0 spiro atoms. The van der Waals surface area contributed by atoms with Crippen LogP contribution in [0.2, 0.25) is 0 Å². The van der Waals surface area contributed by atoms with Gasteiger partial charge in [-0.1, -0.05) is 0 Å². The number of rotatable bonds is 4. The van der Waals surface area contributed by atoms with Crippen LogP contribution in [0.4, 0.5) is 0 Å². The van der Waals surface area contributed by atoms with Crippen molar-refractivity contribution in [3.8, 4) is 0 Å². The molecular weight excluding hydrogens is 204 g/mol. The van der Waals surface area contributed by atoms with E-state index < -0.39 is 0 Å². The first-order valence-corrected chi connectivity index (χ1v) is 5.74. The van der Waals surface area contributed by atoms with E-state index in [4.69, 9.17) is 10.6 Å². The molecule has 0 bridgehead atoms. The van der Waals surface area contributed by atoms with Crippen molar-refractivity contribution < 1.29 is 4.74 Å². The third kappa shape index (κ3) is 2.42. The van der Waals surface area contributed by atoms with E-state index in [1.165, 1.54) is 5.69 Å². The molecule has 2 atom stereocenters. The highest BCUT2D eigenvalue weighted by molar-refractivity contribution is 5.10. The zero-order valence-electron chi connectivity index (χ0n) is 9.94. The Hall–Kier alpha value is -0.910.